The van der Waals surface area contributed by atoms with Crippen LogP contribution in [0, 0.1) is 5.82 Å². The van der Waals surface area contributed by atoms with Gasteiger partial charge in [-0.1, -0.05) is 23.7 Å². The average molecular weight is 472 g/mol. The molecule has 1 aliphatic rings. The maximum absolute atomic E-state index is 13.4. The molecular formula is C24H27ClFN5O2. The Hall–Kier alpha value is -2.97. The number of hydrogen-bond donors (Lipinski definition) is 2. The third-order valence-corrected chi connectivity index (χ3v) is 6.39. The maximum atomic E-state index is 13.4. The third kappa shape index (κ3) is 5.51. The molecule has 1 saturated heterocycles. The Balaban J connectivity index is 1.53. The van der Waals surface area contributed by atoms with E-state index < -0.39 is 11.9 Å². The zero-order valence-corrected chi connectivity index (χ0v) is 19.4. The Bertz CT molecular complexity index is 1140. The number of hydrogen-bond acceptors (Lipinski definition) is 4. The number of aromatic nitrogens is 2. The summed E-state index contributed by atoms with van der Waals surface area (Å²) in [6.45, 7) is 1.27. The lowest BCUT2D eigenvalue weighted by atomic mass is 10.0. The van der Waals surface area contributed by atoms with Gasteiger partial charge in [0.15, 0.2) is 0 Å². The van der Waals surface area contributed by atoms with Crippen molar-refractivity contribution in [1.29, 1.82) is 0 Å². The number of amides is 2. The average Bonchev–Trinajstić information content (AvgIpc) is 3.23. The summed E-state index contributed by atoms with van der Waals surface area (Å²) in [5.74, 6) is -0.876. The Morgan fingerprint density at radius 1 is 1.24 bits per heavy atom. The summed E-state index contributed by atoms with van der Waals surface area (Å²) in [4.78, 5) is 37.5. The first-order valence-electron chi connectivity index (χ1n) is 10.9. The molecule has 1 aliphatic heterocycles. The standard InChI is InChI=1S/C24H27ClFN5O2/c1-30(2)18-7-9-31(10-8-18)24(33)20(11-15-3-5-17(26)6-4-15)29-23(32)19-12-16-13-22(25)27-14-21(16)28-19/h3-6,12-14,18,20,28H,7-11H2,1-2H3,(H,29,32)/t20-/m0/s1. The van der Waals surface area contributed by atoms with Crippen molar-refractivity contribution in [3.05, 3.63) is 64.8 Å². The number of pyridine rings is 1. The van der Waals surface area contributed by atoms with E-state index in [-0.39, 0.29) is 18.1 Å². The quantitative estimate of drug-likeness (QED) is 0.541. The van der Waals surface area contributed by atoms with Crippen LogP contribution in [0.3, 0.4) is 0 Å². The smallest absolute Gasteiger partial charge is 0.268 e. The van der Waals surface area contributed by atoms with Crippen LogP contribution < -0.4 is 5.32 Å². The number of nitrogens with one attached hydrogen (secondary N) is 2. The molecule has 2 amide bonds. The highest BCUT2D eigenvalue weighted by molar-refractivity contribution is 6.30. The van der Waals surface area contributed by atoms with Crippen molar-refractivity contribution in [2.75, 3.05) is 27.2 Å². The van der Waals surface area contributed by atoms with Crippen molar-refractivity contribution in [3.63, 3.8) is 0 Å². The summed E-state index contributed by atoms with van der Waals surface area (Å²) in [5, 5.41) is 3.97. The molecule has 2 aromatic heterocycles. The summed E-state index contributed by atoms with van der Waals surface area (Å²) in [5.41, 5.74) is 1.76. The Morgan fingerprint density at radius 3 is 2.61 bits per heavy atom. The molecule has 0 radical (unpaired) electrons. The van der Waals surface area contributed by atoms with Crippen LogP contribution in [0.2, 0.25) is 5.15 Å². The minimum Gasteiger partial charge on any atom is -0.349 e. The Morgan fingerprint density at radius 2 is 1.94 bits per heavy atom. The number of piperidine rings is 1. The van der Waals surface area contributed by atoms with E-state index in [4.69, 9.17) is 11.6 Å². The summed E-state index contributed by atoms with van der Waals surface area (Å²) >= 11 is 5.95. The van der Waals surface area contributed by atoms with Crippen molar-refractivity contribution in [1.82, 2.24) is 25.1 Å². The van der Waals surface area contributed by atoms with Crippen LogP contribution in [-0.2, 0) is 11.2 Å². The number of carbonyl (C=O) groups is 2. The summed E-state index contributed by atoms with van der Waals surface area (Å²) < 4.78 is 13.4. The van der Waals surface area contributed by atoms with E-state index in [1.807, 2.05) is 19.0 Å². The molecule has 3 heterocycles. The van der Waals surface area contributed by atoms with Crippen molar-refractivity contribution < 1.29 is 14.0 Å². The van der Waals surface area contributed by atoms with E-state index in [1.54, 1.807) is 30.5 Å². The molecule has 1 atom stereocenters. The Kier molecular flexibility index (Phi) is 6.95. The minimum absolute atomic E-state index is 0.134. The molecule has 2 N–H and O–H groups in total. The molecule has 0 spiro atoms. The predicted molar refractivity (Wildman–Crippen MR) is 126 cm³/mol. The lowest BCUT2D eigenvalue weighted by Gasteiger charge is -2.37. The molecule has 0 bridgehead atoms. The monoisotopic (exact) mass is 471 g/mol. The van der Waals surface area contributed by atoms with E-state index >= 15 is 0 Å². The number of halogens is 2. The number of aromatic amines is 1. The number of rotatable bonds is 6. The molecule has 3 aromatic rings. The molecule has 0 aliphatic carbocycles. The molecule has 4 rings (SSSR count). The number of carbonyl (C=O) groups excluding carboxylic acids is 2. The molecule has 9 heteroatoms. The highest BCUT2D eigenvalue weighted by atomic mass is 35.5. The first-order valence-corrected chi connectivity index (χ1v) is 11.3. The van der Waals surface area contributed by atoms with Gasteiger partial charge in [-0.2, -0.15) is 0 Å². The van der Waals surface area contributed by atoms with Gasteiger partial charge in [-0.3, -0.25) is 9.59 Å². The molecule has 7 nitrogen and oxygen atoms in total. The molecule has 174 valence electrons. The van der Waals surface area contributed by atoms with E-state index in [2.05, 4.69) is 20.2 Å². The molecule has 1 fully saturated rings. The van der Waals surface area contributed by atoms with Crippen LogP contribution in [0.4, 0.5) is 4.39 Å². The van der Waals surface area contributed by atoms with Crippen LogP contribution in [0.15, 0.2) is 42.6 Å². The first-order chi connectivity index (χ1) is 15.8. The normalized spacial score (nSPS) is 15.7. The van der Waals surface area contributed by atoms with Crippen molar-refractivity contribution in [3.8, 4) is 0 Å². The molecular weight excluding hydrogens is 445 g/mol. The first kappa shape index (κ1) is 23.2. The van der Waals surface area contributed by atoms with Gasteiger partial charge < -0.3 is 20.1 Å². The van der Waals surface area contributed by atoms with Gasteiger partial charge in [0.05, 0.1) is 11.7 Å². The second-order valence-corrected chi connectivity index (χ2v) is 9.04. The third-order valence-electron chi connectivity index (χ3n) is 6.18. The number of likely N-dealkylation sites (tertiary alicyclic amines) is 1. The largest absolute Gasteiger partial charge is 0.349 e. The Labute approximate surface area is 196 Å². The fraction of sp³-hybridized carbons (Fsp3) is 0.375. The number of H-pyrrole nitrogens is 1. The van der Waals surface area contributed by atoms with Gasteiger partial charge in [0.25, 0.3) is 5.91 Å². The molecule has 1 aromatic carbocycles. The highest BCUT2D eigenvalue weighted by Crippen LogP contribution is 2.19. The van der Waals surface area contributed by atoms with Crippen LogP contribution in [0.5, 0.6) is 0 Å². The zero-order valence-electron chi connectivity index (χ0n) is 18.6. The van der Waals surface area contributed by atoms with Crippen LogP contribution in [-0.4, -0.2) is 70.9 Å². The lowest BCUT2D eigenvalue weighted by Crippen LogP contribution is -2.53. The van der Waals surface area contributed by atoms with Gasteiger partial charge in [0, 0.05) is 30.9 Å². The van der Waals surface area contributed by atoms with E-state index in [0.29, 0.717) is 35.5 Å². The van der Waals surface area contributed by atoms with Crippen LogP contribution in [0.1, 0.15) is 28.9 Å². The number of benzene rings is 1. The van der Waals surface area contributed by atoms with Gasteiger partial charge >= 0.3 is 0 Å². The van der Waals surface area contributed by atoms with Gasteiger partial charge in [0.1, 0.15) is 22.7 Å². The summed E-state index contributed by atoms with van der Waals surface area (Å²) in [6.07, 6.45) is 3.59. The predicted octanol–water partition coefficient (Wildman–Crippen LogP) is 3.25. The van der Waals surface area contributed by atoms with E-state index in [1.165, 1.54) is 12.1 Å². The van der Waals surface area contributed by atoms with Gasteiger partial charge in [0.2, 0.25) is 5.91 Å². The van der Waals surface area contributed by atoms with Crippen molar-refractivity contribution in [2.45, 2.75) is 31.3 Å². The highest BCUT2D eigenvalue weighted by Gasteiger charge is 2.30. The zero-order chi connectivity index (χ0) is 23.5. The second-order valence-electron chi connectivity index (χ2n) is 8.65. The van der Waals surface area contributed by atoms with Crippen LogP contribution >= 0.6 is 11.6 Å². The maximum Gasteiger partial charge on any atom is 0.268 e. The fourth-order valence-electron chi connectivity index (χ4n) is 4.24. The molecule has 0 saturated carbocycles. The molecule has 33 heavy (non-hydrogen) atoms. The second kappa shape index (κ2) is 9.89. The van der Waals surface area contributed by atoms with E-state index in [9.17, 15) is 14.0 Å². The topological polar surface area (TPSA) is 81.3 Å². The lowest BCUT2D eigenvalue weighted by molar-refractivity contribution is -0.134. The van der Waals surface area contributed by atoms with Crippen molar-refractivity contribution in [2.24, 2.45) is 0 Å². The number of nitrogens with zero attached hydrogens (tertiary/aromatic N) is 3. The van der Waals surface area contributed by atoms with Crippen molar-refractivity contribution >= 4 is 34.3 Å². The summed E-state index contributed by atoms with van der Waals surface area (Å²) in [6, 6.07) is 9.00. The minimum atomic E-state index is -0.771. The fourth-order valence-corrected chi connectivity index (χ4v) is 4.41. The van der Waals surface area contributed by atoms with Gasteiger partial charge in [-0.05, 0) is 56.8 Å². The number of fused-ring (bicyclic) bond motifs is 1. The van der Waals surface area contributed by atoms with Gasteiger partial charge in [-0.25, -0.2) is 9.37 Å². The summed E-state index contributed by atoms with van der Waals surface area (Å²) in [7, 11) is 4.09. The van der Waals surface area contributed by atoms with Crippen LogP contribution in [0.25, 0.3) is 10.9 Å². The van der Waals surface area contributed by atoms with Gasteiger partial charge in [-0.15, -0.1) is 0 Å². The van der Waals surface area contributed by atoms with E-state index in [0.717, 1.165) is 23.8 Å². The SMILES string of the molecule is CN(C)C1CCN(C(=O)[C@H](Cc2ccc(F)cc2)NC(=O)c2cc3cc(Cl)ncc3[nH]2)CC1. The molecule has 0 unspecified atom stereocenters.